The highest BCUT2D eigenvalue weighted by atomic mass is 19.3. The molecule has 1 aliphatic heterocycles. The van der Waals surface area contributed by atoms with Gasteiger partial charge in [-0.1, -0.05) is 12.1 Å². The van der Waals surface area contributed by atoms with E-state index in [4.69, 9.17) is 15.2 Å². The smallest absolute Gasteiger partial charge is 0.409 e. The van der Waals surface area contributed by atoms with E-state index in [9.17, 15) is 13.6 Å². The van der Waals surface area contributed by atoms with E-state index in [1.54, 1.807) is 36.9 Å². The number of para-hydroxylation sites is 1. The normalized spacial score (nSPS) is 15.3. The Morgan fingerprint density at radius 3 is 2.66 bits per heavy atom. The molecule has 162 valence electrons. The van der Waals surface area contributed by atoms with Crippen molar-refractivity contribution in [2.24, 2.45) is 10.7 Å². The first-order chi connectivity index (χ1) is 13.9. The van der Waals surface area contributed by atoms with Crippen molar-refractivity contribution in [2.75, 3.05) is 26.3 Å². The summed E-state index contributed by atoms with van der Waals surface area (Å²) >= 11 is 0. The first-order valence-electron chi connectivity index (χ1n) is 9.62. The molecule has 3 N–H and O–H groups in total. The van der Waals surface area contributed by atoms with Crippen LogP contribution in [0.2, 0.25) is 0 Å². The number of piperidine rings is 1. The van der Waals surface area contributed by atoms with Gasteiger partial charge in [0.25, 0.3) is 0 Å². The van der Waals surface area contributed by atoms with Crippen LogP contribution < -0.4 is 20.5 Å². The van der Waals surface area contributed by atoms with Gasteiger partial charge in [0.2, 0.25) is 0 Å². The predicted molar refractivity (Wildman–Crippen MR) is 104 cm³/mol. The molecular weight excluding hydrogens is 386 g/mol. The number of nitrogens with one attached hydrogen (secondary N) is 1. The second-order valence-electron chi connectivity index (χ2n) is 6.36. The fourth-order valence-corrected chi connectivity index (χ4v) is 3.02. The summed E-state index contributed by atoms with van der Waals surface area (Å²) in [6.07, 6.45) is 1.09. The summed E-state index contributed by atoms with van der Waals surface area (Å²) in [5.74, 6) is 0.395. The molecule has 10 heteroatoms. The van der Waals surface area contributed by atoms with Gasteiger partial charge in [0.15, 0.2) is 17.5 Å². The number of likely N-dealkylation sites (tertiary alicyclic amines) is 1. The second-order valence-corrected chi connectivity index (χ2v) is 6.36. The molecule has 29 heavy (non-hydrogen) atoms. The number of amides is 1. The fraction of sp³-hybridized carbons (Fsp3) is 0.579. The highest BCUT2D eigenvalue weighted by Crippen LogP contribution is 2.33. The van der Waals surface area contributed by atoms with Crippen molar-refractivity contribution in [1.29, 1.82) is 0 Å². The number of ether oxygens (including phenoxy) is 3. The Hall–Kier alpha value is -2.78. The molecule has 0 aliphatic carbocycles. The van der Waals surface area contributed by atoms with Crippen LogP contribution in [-0.4, -0.2) is 55.9 Å². The van der Waals surface area contributed by atoms with Gasteiger partial charge in [-0.15, -0.1) is 0 Å². The number of rotatable bonds is 8. The van der Waals surface area contributed by atoms with Crippen LogP contribution in [0.25, 0.3) is 0 Å². The monoisotopic (exact) mass is 414 g/mol. The minimum absolute atomic E-state index is 0.0383. The van der Waals surface area contributed by atoms with Gasteiger partial charge in [0.1, 0.15) is 0 Å². The molecule has 0 saturated carbocycles. The van der Waals surface area contributed by atoms with Crippen LogP contribution >= 0.6 is 0 Å². The Morgan fingerprint density at radius 1 is 1.31 bits per heavy atom. The van der Waals surface area contributed by atoms with Crippen LogP contribution in [0.3, 0.4) is 0 Å². The zero-order chi connectivity index (χ0) is 21.2. The Labute approximate surface area is 169 Å². The number of aliphatic imine (C=N–C) groups is 1. The van der Waals surface area contributed by atoms with Gasteiger partial charge in [-0.3, -0.25) is 0 Å². The van der Waals surface area contributed by atoms with E-state index in [0.717, 1.165) is 0 Å². The molecule has 2 rings (SSSR count). The van der Waals surface area contributed by atoms with E-state index in [1.807, 2.05) is 0 Å². The van der Waals surface area contributed by atoms with E-state index < -0.39 is 6.61 Å². The van der Waals surface area contributed by atoms with Crippen molar-refractivity contribution < 1.29 is 27.8 Å². The summed E-state index contributed by atoms with van der Waals surface area (Å²) in [6, 6.07) is 4.95. The number of nitrogens with two attached hydrogens (primary N) is 1. The number of carbonyl (C=O) groups is 1. The summed E-state index contributed by atoms with van der Waals surface area (Å²) in [6.45, 7) is 2.40. The van der Waals surface area contributed by atoms with Gasteiger partial charge in [0, 0.05) is 24.7 Å². The third-order valence-corrected chi connectivity index (χ3v) is 4.36. The predicted octanol–water partition coefficient (Wildman–Crippen LogP) is 2.71. The first kappa shape index (κ1) is 22.5. The maximum atomic E-state index is 12.8. The number of alkyl halides is 2. The number of hydrogen-bond donors (Lipinski definition) is 2. The van der Waals surface area contributed by atoms with Crippen LogP contribution in [0.5, 0.6) is 11.5 Å². The Bertz CT molecular complexity index is 695. The Balaban J connectivity index is 1.94. The lowest BCUT2D eigenvalue weighted by molar-refractivity contribution is -0.0520. The number of carbonyl (C=O) groups excluding carboxylic acids is 1. The first-order valence-corrected chi connectivity index (χ1v) is 9.62. The summed E-state index contributed by atoms with van der Waals surface area (Å²) in [5, 5.41) is 3.11. The summed E-state index contributed by atoms with van der Waals surface area (Å²) in [7, 11) is 0. The lowest BCUT2D eigenvalue weighted by Crippen LogP contribution is -2.48. The van der Waals surface area contributed by atoms with E-state index in [0.29, 0.717) is 44.7 Å². The lowest BCUT2D eigenvalue weighted by Gasteiger charge is -2.31. The maximum Gasteiger partial charge on any atom is 0.409 e. The largest absolute Gasteiger partial charge is 0.490 e. The third-order valence-electron chi connectivity index (χ3n) is 4.36. The molecule has 1 aromatic rings. The van der Waals surface area contributed by atoms with Gasteiger partial charge < -0.3 is 30.2 Å². The van der Waals surface area contributed by atoms with Crippen molar-refractivity contribution in [3.05, 3.63) is 23.8 Å². The highest BCUT2D eigenvalue weighted by Gasteiger charge is 2.23. The highest BCUT2D eigenvalue weighted by molar-refractivity contribution is 5.78. The van der Waals surface area contributed by atoms with Crippen molar-refractivity contribution in [3.63, 3.8) is 0 Å². The second kappa shape index (κ2) is 11.3. The molecule has 1 saturated heterocycles. The molecule has 1 aliphatic rings. The molecule has 0 radical (unpaired) electrons. The van der Waals surface area contributed by atoms with Crippen LogP contribution in [-0.2, 0) is 11.3 Å². The van der Waals surface area contributed by atoms with Crippen molar-refractivity contribution in [2.45, 2.75) is 45.9 Å². The zero-order valence-corrected chi connectivity index (χ0v) is 16.7. The molecular formula is C19H28F2N4O4. The molecule has 0 spiro atoms. The van der Waals surface area contributed by atoms with Gasteiger partial charge in [-0.2, -0.15) is 8.78 Å². The fourth-order valence-electron chi connectivity index (χ4n) is 3.02. The van der Waals surface area contributed by atoms with Crippen LogP contribution in [0.15, 0.2) is 23.2 Å². The number of guanidine groups is 1. The molecule has 1 aromatic carbocycles. The summed E-state index contributed by atoms with van der Waals surface area (Å²) < 4.78 is 40.5. The standard InChI is InChI=1S/C19H28F2N4O4/c1-3-27-15-7-5-6-13(16(15)29-17(20)21)12-23-18(22)24-14-8-10-25(11-9-14)19(26)28-4-2/h5-7,14,17H,3-4,8-12H2,1-2H3,(H3,22,23,24). The zero-order valence-electron chi connectivity index (χ0n) is 16.7. The number of halogens is 2. The van der Waals surface area contributed by atoms with E-state index in [-0.39, 0.29) is 36.1 Å². The van der Waals surface area contributed by atoms with Crippen molar-refractivity contribution in [1.82, 2.24) is 10.2 Å². The molecule has 0 atom stereocenters. The minimum atomic E-state index is -2.97. The SMILES string of the molecule is CCOC(=O)N1CCC(NC(N)=NCc2cccc(OCC)c2OC(F)F)CC1. The lowest BCUT2D eigenvalue weighted by atomic mass is 10.1. The summed E-state index contributed by atoms with van der Waals surface area (Å²) in [5.41, 5.74) is 6.40. The van der Waals surface area contributed by atoms with Crippen molar-refractivity contribution in [3.8, 4) is 11.5 Å². The molecule has 0 aromatic heterocycles. The molecule has 1 heterocycles. The molecule has 1 fully saturated rings. The van der Waals surface area contributed by atoms with E-state index in [1.165, 1.54) is 0 Å². The number of benzene rings is 1. The molecule has 8 nitrogen and oxygen atoms in total. The van der Waals surface area contributed by atoms with Crippen LogP contribution in [0, 0.1) is 0 Å². The van der Waals surface area contributed by atoms with E-state index in [2.05, 4.69) is 15.0 Å². The van der Waals surface area contributed by atoms with E-state index >= 15 is 0 Å². The quantitative estimate of drug-likeness (QED) is 0.501. The number of nitrogens with zero attached hydrogens (tertiary/aromatic N) is 2. The van der Waals surface area contributed by atoms with Crippen LogP contribution in [0.1, 0.15) is 32.3 Å². The third kappa shape index (κ3) is 6.95. The minimum Gasteiger partial charge on any atom is -0.490 e. The molecule has 0 bridgehead atoms. The van der Waals surface area contributed by atoms with Gasteiger partial charge in [0.05, 0.1) is 19.8 Å². The topological polar surface area (TPSA) is 98.4 Å². The maximum absolute atomic E-state index is 12.8. The molecule has 1 amide bonds. The van der Waals surface area contributed by atoms with Gasteiger partial charge in [-0.05, 0) is 32.8 Å². The van der Waals surface area contributed by atoms with Crippen LogP contribution in [0.4, 0.5) is 13.6 Å². The summed E-state index contributed by atoms with van der Waals surface area (Å²) in [4.78, 5) is 17.6. The Morgan fingerprint density at radius 2 is 2.03 bits per heavy atom. The van der Waals surface area contributed by atoms with Gasteiger partial charge >= 0.3 is 12.7 Å². The average molecular weight is 414 g/mol. The molecule has 0 unspecified atom stereocenters. The average Bonchev–Trinajstić information content (AvgIpc) is 2.69. The Kier molecular flexibility index (Phi) is 8.75. The number of hydrogen-bond acceptors (Lipinski definition) is 5. The van der Waals surface area contributed by atoms with Crippen molar-refractivity contribution >= 4 is 12.1 Å². The van der Waals surface area contributed by atoms with Gasteiger partial charge in [-0.25, -0.2) is 9.79 Å².